The molecule has 2 aromatic heterocycles. The molecule has 0 saturated carbocycles. The minimum absolute atomic E-state index is 0.117. The van der Waals surface area contributed by atoms with Gasteiger partial charge < -0.3 is 9.47 Å². The molecule has 6 heteroatoms. The summed E-state index contributed by atoms with van der Waals surface area (Å²) in [6.45, 7) is 0.425. The summed E-state index contributed by atoms with van der Waals surface area (Å²) in [7, 11) is 3.55. The Balaban J connectivity index is 1.86. The number of benzene rings is 1. The first-order valence-corrected chi connectivity index (χ1v) is 7.50. The van der Waals surface area contributed by atoms with Crippen LogP contribution in [0.15, 0.2) is 55.0 Å². The van der Waals surface area contributed by atoms with E-state index in [1.807, 2.05) is 48.3 Å². The van der Waals surface area contributed by atoms with E-state index >= 15 is 0 Å². The Morgan fingerprint density at radius 3 is 2.75 bits per heavy atom. The molecule has 0 saturated heterocycles. The Morgan fingerprint density at radius 1 is 1.29 bits per heavy atom. The van der Waals surface area contributed by atoms with Gasteiger partial charge in [0, 0.05) is 33.0 Å². The fourth-order valence-corrected chi connectivity index (χ4v) is 2.65. The highest BCUT2D eigenvalue weighted by atomic mass is 16.2. The molecule has 6 nitrogen and oxygen atoms in total. The molecule has 0 bridgehead atoms. The summed E-state index contributed by atoms with van der Waals surface area (Å²) in [5.74, 6) is 0.608. The largest absolute Gasteiger partial charge is 0.337 e. The van der Waals surface area contributed by atoms with Gasteiger partial charge in [-0.2, -0.15) is 10.4 Å². The Bertz CT molecular complexity index is 902. The molecular weight excluding hydrogens is 302 g/mol. The van der Waals surface area contributed by atoms with Gasteiger partial charge in [-0.1, -0.05) is 12.1 Å². The van der Waals surface area contributed by atoms with E-state index < -0.39 is 0 Å². The van der Waals surface area contributed by atoms with Crippen LogP contribution in [0.1, 0.15) is 21.5 Å². The van der Waals surface area contributed by atoms with Crippen LogP contribution in [-0.2, 0) is 13.6 Å². The summed E-state index contributed by atoms with van der Waals surface area (Å²) in [6, 6.07) is 13.2. The molecule has 0 aliphatic rings. The van der Waals surface area contributed by atoms with Crippen molar-refractivity contribution in [2.75, 3.05) is 7.05 Å². The molecule has 0 aliphatic carbocycles. The molecule has 0 radical (unpaired) electrons. The lowest BCUT2D eigenvalue weighted by Crippen LogP contribution is -2.27. The third kappa shape index (κ3) is 2.92. The maximum Gasteiger partial charge on any atom is 0.259 e. The van der Waals surface area contributed by atoms with Crippen molar-refractivity contribution < 1.29 is 4.79 Å². The van der Waals surface area contributed by atoms with Crippen molar-refractivity contribution >= 4 is 5.91 Å². The first-order chi connectivity index (χ1) is 11.6. The standard InChI is InChI=1S/C18H17N5O/c1-21(13-15-7-5-6-14(10-15)11-19)18(24)16-12-20-22(2)17(16)23-8-3-4-9-23/h3-10,12H,13H2,1-2H3. The molecule has 24 heavy (non-hydrogen) atoms. The van der Waals surface area contributed by atoms with E-state index in [9.17, 15) is 4.79 Å². The number of nitrogens with zero attached hydrogens (tertiary/aromatic N) is 5. The van der Waals surface area contributed by atoms with Crippen LogP contribution >= 0.6 is 0 Å². The van der Waals surface area contributed by atoms with Crippen LogP contribution in [0.2, 0.25) is 0 Å². The number of carbonyl (C=O) groups excluding carboxylic acids is 1. The monoisotopic (exact) mass is 319 g/mol. The molecule has 3 aromatic rings. The summed E-state index contributed by atoms with van der Waals surface area (Å²) in [5, 5.41) is 13.2. The van der Waals surface area contributed by atoms with Crippen LogP contribution in [0.4, 0.5) is 0 Å². The van der Waals surface area contributed by atoms with Crippen molar-refractivity contribution in [1.29, 1.82) is 5.26 Å². The average molecular weight is 319 g/mol. The number of rotatable bonds is 4. The maximum atomic E-state index is 12.8. The van der Waals surface area contributed by atoms with Crippen LogP contribution in [0.3, 0.4) is 0 Å². The molecule has 0 N–H and O–H groups in total. The van der Waals surface area contributed by atoms with Crippen molar-refractivity contribution in [2.45, 2.75) is 6.54 Å². The summed E-state index contributed by atoms with van der Waals surface area (Å²) < 4.78 is 3.54. The zero-order valence-electron chi connectivity index (χ0n) is 13.5. The van der Waals surface area contributed by atoms with Gasteiger partial charge in [0.15, 0.2) is 0 Å². The van der Waals surface area contributed by atoms with E-state index in [2.05, 4.69) is 11.2 Å². The van der Waals surface area contributed by atoms with Crippen molar-refractivity contribution in [2.24, 2.45) is 7.05 Å². The number of aromatic nitrogens is 3. The van der Waals surface area contributed by atoms with Crippen molar-refractivity contribution in [3.63, 3.8) is 0 Å². The molecular formula is C18H17N5O. The molecule has 1 amide bonds. The third-order valence-corrected chi connectivity index (χ3v) is 3.81. The van der Waals surface area contributed by atoms with Crippen molar-refractivity contribution in [1.82, 2.24) is 19.2 Å². The van der Waals surface area contributed by atoms with Gasteiger partial charge in [-0.05, 0) is 29.8 Å². The first kappa shape index (κ1) is 15.6. The zero-order valence-corrected chi connectivity index (χ0v) is 13.5. The zero-order chi connectivity index (χ0) is 17.1. The SMILES string of the molecule is CN(Cc1cccc(C#N)c1)C(=O)c1cnn(C)c1-n1cccc1. The normalized spacial score (nSPS) is 10.4. The highest BCUT2D eigenvalue weighted by Gasteiger charge is 2.20. The van der Waals surface area contributed by atoms with E-state index in [-0.39, 0.29) is 5.91 Å². The average Bonchev–Trinajstić information content (AvgIpc) is 3.23. The number of hydrogen-bond donors (Lipinski definition) is 0. The van der Waals surface area contributed by atoms with E-state index in [0.717, 1.165) is 11.4 Å². The number of hydrogen-bond acceptors (Lipinski definition) is 3. The maximum absolute atomic E-state index is 12.8. The van der Waals surface area contributed by atoms with Crippen molar-refractivity contribution in [3.8, 4) is 11.9 Å². The van der Waals surface area contributed by atoms with Gasteiger partial charge in [-0.25, -0.2) is 0 Å². The fraction of sp³-hybridized carbons (Fsp3) is 0.167. The molecule has 1 aromatic carbocycles. The van der Waals surface area contributed by atoms with Gasteiger partial charge in [0.1, 0.15) is 11.4 Å². The van der Waals surface area contributed by atoms with Gasteiger partial charge in [-0.3, -0.25) is 9.48 Å². The lowest BCUT2D eigenvalue weighted by atomic mass is 10.1. The molecule has 0 spiro atoms. The second kappa shape index (κ2) is 6.42. The molecule has 2 heterocycles. The topological polar surface area (TPSA) is 66.8 Å². The summed E-state index contributed by atoms with van der Waals surface area (Å²) in [4.78, 5) is 14.5. The van der Waals surface area contributed by atoms with Crippen LogP contribution in [0.25, 0.3) is 5.82 Å². The van der Waals surface area contributed by atoms with Crippen LogP contribution in [0, 0.1) is 11.3 Å². The number of carbonyl (C=O) groups is 1. The van der Waals surface area contributed by atoms with Gasteiger partial charge in [0.2, 0.25) is 0 Å². The Hall–Kier alpha value is -3.33. The summed E-state index contributed by atoms with van der Waals surface area (Å²) in [6.07, 6.45) is 5.34. The lowest BCUT2D eigenvalue weighted by molar-refractivity contribution is 0.0785. The number of amides is 1. The van der Waals surface area contributed by atoms with Crippen molar-refractivity contribution in [3.05, 3.63) is 71.7 Å². The van der Waals surface area contributed by atoms with Crippen LogP contribution < -0.4 is 0 Å². The number of nitriles is 1. The van der Waals surface area contributed by atoms with Gasteiger partial charge in [0.05, 0.1) is 17.8 Å². The summed E-state index contributed by atoms with van der Waals surface area (Å²) >= 11 is 0. The lowest BCUT2D eigenvalue weighted by Gasteiger charge is -2.18. The smallest absolute Gasteiger partial charge is 0.259 e. The quantitative estimate of drug-likeness (QED) is 0.741. The minimum Gasteiger partial charge on any atom is -0.337 e. The predicted molar refractivity (Wildman–Crippen MR) is 89.5 cm³/mol. The van der Waals surface area contributed by atoms with E-state index in [4.69, 9.17) is 5.26 Å². The van der Waals surface area contributed by atoms with Gasteiger partial charge >= 0.3 is 0 Å². The Morgan fingerprint density at radius 2 is 2.04 bits per heavy atom. The highest BCUT2D eigenvalue weighted by molar-refractivity contribution is 5.96. The van der Waals surface area contributed by atoms with E-state index in [1.54, 1.807) is 35.0 Å². The summed E-state index contributed by atoms with van der Waals surface area (Å²) in [5.41, 5.74) is 2.03. The molecule has 3 rings (SSSR count). The van der Waals surface area contributed by atoms with Crippen LogP contribution in [-0.4, -0.2) is 32.2 Å². The van der Waals surface area contributed by atoms with Gasteiger partial charge in [0.25, 0.3) is 5.91 Å². The molecule has 0 aliphatic heterocycles. The Kier molecular flexibility index (Phi) is 4.17. The van der Waals surface area contributed by atoms with Crippen LogP contribution in [0.5, 0.6) is 0 Å². The Labute approximate surface area is 140 Å². The molecule has 0 atom stereocenters. The second-order valence-electron chi connectivity index (χ2n) is 5.57. The van der Waals surface area contributed by atoms with E-state index in [1.165, 1.54) is 0 Å². The highest BCUT2D eigenvalue weighted by Crippen LogP contribution is 2.17. The number of aryl methyl sites for hydroxylation is 1. The molecule has 0 fully saturated rings. The molecule has 0 unspecified atom stereocenters. The fourth-order valence-electron chi connectivity index (χ4n) is 2.65. The third-order valence-electron chi connectivity index (χ3n) is 3.81. The second-order valence-corrected chi connectivity index (χ2v) is 5.57. The first-order valence-electron chi connectivity index (χ1n) is 7.50. The predicted octanol–water partition coefficient (Wildman–Crippen LogP) is 2.35. The van der Waals surface area contributed by atoms with Gasteiger partial charge in [-0.15, -0.1) is 0 Å². The van der Waals surface area contributed by atoms with E-state index in [0.29, 0.717) is 17.7 Å². The minimum atomic E-state index is -0.117. The molecule has 120 valence electrons.